The van der Waals surface area contributed by atoms with Gasteiger partial charge in [0.25, 0.3) is 0 Å². The first-order valence-corrected chi connectivity index (χ1v) is 12.9. The number of carboxylic acids is 1. The summed E-state index contributed by atoms with van der Waals surface area (Å²) < 4.78 is 5.64. The Bertz CT molecular complexity index is 990. The number of nitrogens with one attached hydrogen (secondary N) is 2. The zero-order valence-corrected chi connectivity index (χ0v) is 19.8. The van der Waals surface area contributed by atoms with Crippen molar-refractivity contribution in [3.8, 4) is 11.1 Å². The van der Waals surface area contributed by atoms with Gasteiger partial charge in [-0.2, -0.15) is 0 Å². The lowest BCUT2D eigenvalue weighted by molar-refractivity contribution is -0.134. The second-order valence-corrected chi connectivity index (χ2v) is 9.86. The largest absolute Gasteiger partial charge is 0.481 e. The lowest BCUT2D eigenvalue weighted by atomic mass is 9.85. The van der Waals surface area contributed by atoms with Gasteiger partial charge in [-0.05, 0) is 47.9 Å². The van der Waals surface area contributed by atoms with Gasteiger partial charge in [0.15, 0.2) is 0 Å². The summed E-state index contributed by atoms with van der Waals surface area (Å²) in [6, 6.07) is 16.5. The Morgan fingerprint density at radius 1 is 0.941 bits per heavy atom. The molecule has 2 aliphatic rings. The number of fused-ring (bicyclic) bond motifs is 3. The molecule has 1 fully saturated rings. The summed E-state index contributed by atoms with van der Waals surface area (Å²) in [6.07, 6.45) is 2.47. The number of aliphatic carboxylic acids is 1. The van der Waals surface area contributed by atoms with E-state index in [4.69, 9.17) is 9.84 Å². The molecule has 0 aromatic heterocycles. The first-order valence-electron chi connectivity index (χ1n) is 11.7. The van der Waals surface area contributed by atoms with Crippen molar-refractivity contribution in [3.63, 3.8) is 0 Å². The Kier molecular flexibility index (Phi) is 8.11. The van der Waals surface area contributed by atoms with Gasteiger partial charge in [0.2, 0.25) is 5.91 Å². The number of amides is 2. The van der Waals surface area contributed by atoms with E-state index in [1.807, 2.05) is 24.3 Å². The number of carbonyl (C=O) groups excluding carboxylic acids is 2. The molecule has 7 nitrogen and oxygen atoms in total. The maximum atomic E-state index is 12.5. The number of hydrogen-bond donors (Lipinski definition) is 3. The van der Waals surface area contributed by atoms with Crippen LogP contribution in [0, 0.1) is 5.92 Å². The maximum absolute atomic E-state index is 12.5. The number of hydrogen-bond acceptors (Lipinski definition) is 5. The summed E-state index contributed by atoms with van der Waals surface area (Å²) in [6.45, 7) is 0.756. The molecule has 2 aliphatic carbocycles. The molecule has 2 aromatic rings. The van der Waals surface area contributed by atoms with Gasteiger partial charge in [-0.1, -0.05) is 48.5 Å². The molecular weight excluding hydrogens is 452 g/mol. The van der Waals surface area contributed by atoms with Crippen molar-refractivity contribution in [2.24, 2.45) is 5.92 Å². The molecule has 8 heteroatoms. The highest BCUT2D eigenvalue weighted by molar-refractivity contribution is 7.99. The number of alkyl carbamates (subject to hydrolysis) is 1. The Hall–Kier alpha value is -3.00. The van der Waals surface area contributed by atoms with Crippen LogP contribution in [0.1, 0.15) is 42.7 Å². The lowest BCUT2D eigenvalue weighted by Gasteiger charge is -2.28. The fourth-order valence-electron chi connectivity index (χ4n) is 4.86. The van der Waals surface area contributed by atoms with Crippen molar-refractivity contribution in [1.82, 2.24) is 10.6 Å². The van der Waals surface area contributed by atoms with Gasteiger partial charge in [0, 0.05) is 30.2 Å². The van der Waals surface area contributed by atoms with Crippen LogP contribution in [0.5, 0.6) is 0 Å². The van der Waals surface area contributed by atoms with Gasteiger partial charge < -0.3 is 20.5 Å². The smallest absolute Gasteiger partial charge is 0.407 e. The standard InChI is InChI=1S/C26H30N2O5S/c29-24(30)16-34-14-13-27-25(31)17-9-11-18(12-10-17)28-26(32)33-15-23-21-7-3-1-5-19(21)20-6-2-4-8-22(20)23/h1-8,17-18,23H,9-16H2,(H,27,31)(H,28,32)(H,29,30). The number of benzene rings is 2. The molecule has 0 aliphatic heterocycles. The van der Waals surface area contributed by atoms with Gasteiger partial charge in [0.1, 0.15) is 6.61 Å². The topological polar surface area (TPSA) is 105 Å². The molecule has 0 radical (unpaired) electrons. The minimum Gasteiger partial charge on any atom is -0.481 e. The molecule has 0 atom stereocenters. The Morgan fingerprint density at radius 2 is 1.56 bits per heavy atom. The zero-order chi connectivity index (χ0) is 23.9. The second kappa shape index (κ2) is 11.4. The average molecular weight is 483 g/mol. The monoisotopic (exact) mass is 482 g/mol. The van der Waals surface area contributed by atoms with Gasteiger partial charge in [-0.25, -0.2) is 4.79 Å². The van der Waals surface area contributed by atoms with Crippen molar-refractivity contribution < 1.29 is 24.2 Å². The van der Waals surface area contributed by atoms with Crippen LogP contribution in [0.25, 0.3) is 11.1 Å². The van der Waals surface area contributed by atoms with Crippen molar-refractivity contribution in [1.29, 1.82) is 0 Å². The van der Waals surface area contributed by atoms with Gasteiger partial charge in [-0.15, -0.1) is 11.8 Å². The highest BCUT2D eigenvalue weighted by Crippen LogP contribution is 2.44. The number of ether oxygens (including phenoxy) is 1. The molecule has 0 saturated heterocycles. The molecule has 0 bridgehead atoms. The second-order valence-electron chi connectivity index (χ2n) is 8.76. The number of rotatable bonds is 9. The minimum absolute atomic E-state index is 0.00539. The van der Waals surface area contributed by atoms with E-state index in [1.54, 1.807) is 0 Å². The lowest BCUT2D eigenvalue weighted by Crippen LogP contribution is -2.41. The van der Waals surface area contributed by atoms with Gasteiger partial charge >= 0.3 is 12.1 Å². The fraction of sp³-hybridized carbons (Fsp3) is 0.423. The van der Waals surface area contributed by atoms with E-state index in [1.165, 1.54) is 34.0 Å². The van der Waals surface area contributed by atoms with Crippen molar-refractivity contribution in [2.75, 3.05) is 24.7 Å². The number of thioether (sulfide) groups is 1. The molecule has 1 saturated carbocycles. The first-order chi connectivity index (χ1) is 16.5. The quantitative estimate of drug-likeness (QED) is 0.467. The average Bonchev–Trinajstić information content (AvgIpc) is 3.16. The van der Waals surface area contributed by atoms with Crippen LogP contribution >= 0.6 is 11.8 Å². The number of carboxylic acid groups (broad SMARTS) is 1. The van der Waals surface area contributed by atoms with Gasteiger partial charge in [0.05, 0.1) is 5.75 Å². The fourth-order valence-corrected chi connectivity index (χ4v) is 5.42. The van der Waals surface area contributed by atoms with E-state index in [0.717, 1.165) is 12.8 Å². The molecule has 0 heterocycles. The third kappa shape index (κ3) is 5.91. The third-order valence-corrected chi connectivity index (χ3v) is 7.48. The Morgan fingerprint density at radius 3 is 2.18 bits per heavy atom. The van der Waals surface area contributed by atoms with Crippen molar-refractivity contribution >= 4 is 29.7 Å². The van der Waals surface area contributed by atoms with Crippen molar-refractivity contribution in [2.45, 2.75) is 37.6 Å². The highest BCUT2D eigenvalue weighted by Gasteiger charge is 2.30. The molecule has 4 rings (SSSR count). The van der Waals surface area contributed by atoms with Crippen LogP contribution in [-0.4, -0.2) is 53.8 Å². The predicted octanol–water partition coefficient (Wildman–Crippen LogP) is 4.02. The summed E-state index contributed by atoms with van der Waals surface area (Å²) in [4.78, 5) is 35.3. The Balaban J connectivity index is 1.19. The van der Waals surface area contributed by atoms with Crippen LogP contribution in [0.3, 0.4) is 0 Å². The van der Waals surface area contributed by atoms with Crippen LogP contribution in [-0.2, 0) is 14.3 Å². The van der Waals surface area contributed by atoms with Crippen molar-refractivity contribution in [3.05, 3.63) is 59.7 Å². The summed E-state index contributed by atoms with van der Waals surface area (Å²) in [7, 11) is 0. The summed E-state index contributed by atoms with van der Waals surface area (Å²) >= 11 is 1.29. The van der Waals surface area contributed by atoms with Gasteiger partial charge in [-0.3, -0.25) is 9.59 Å². The molecule has 0 spiro atoms. The summed E-state index contributed by atoms with van der Waals surface area (Å²) in [5, 5.41) is 14.5. The normalized spacial score (nSPS) is 19.1. The summed E-state index contributed by atoms with van der Waals surface area (Å²) in [5.74, 6) is -0.246. The number of carbonyl (C=O) groups is 3. The highest BCUT2D eigenvalue weighted by atomic mass is 32.2. The summed E-state index contributed by atoms with van der Waals surface area (Å²) in [5.41, 5.74) is 4.77. The molecule has 180 valence electrons. The molecular formula is C26H30N2O5S. The SMILES string of the molecule is O=C(O)CSCCNC(=O)C1CCC(NC(=O)OCC2c3ccccc3-c3ccccc32)CC1. The first kappa shape index (κ1) is 24.1. The molecule has 0 unspecified atom stereocenters. The molecule has 34 heavy (non-hydrogen) atoms. The van der Waals surface area contributed by atoms with E-state index in [0.29, 0.717) is 25.1 Å². The van der Waals surface area contributed by atoms with Crippen LogP contribution in [0.4, 0.5) is 4.79 Å². The van der Waals surface area contributed by atoms with Crippen LogP contribution < -0.4 is 10.6 Å². The molecule has 2 amide bonds. The van der Waals surface area contributed by atoms with Crippen LogP contribution in [0.2, 0.25) is 0 Å². The zero-order valence-electron chi connectivity index (χ0n) is 19.0. The minimum atomic E-state index is -0.849. The molecule has 3 N–H and O–H groups in total. The van der Waals surface area contributed by atoms with E-state index in [-0.39, 0.29) is 36.1 Å². The Labute approximate surface area is 203 Å². The van der Waals surface area contributed by atoms with E-state index >= 15 is 0 Å². The van der Waals surface area contributed by atoms with E-state index in [9.17, 15) is 14.4 Å². The third-order valence-electron chi connectivity index (χ3n) is 6.53. The van der Waals surface area contributed by atoms with E-state index in [2.05, 4.69) is 34.9 Å². The maximum Gasteiger partial charge on any atom is 0.407 e. The predicted molar refractivity (Wildman–Crippen MR) is 132 cm³/mol. The van der Waals surface area contributed by atoms with Crippen LogP contribution in [0.15, 0.2) is 48.5 Å². The van der Waals surface area contributed by atoms with E-state index < -0.39 is 12.1 Å². The molecule has 2 aromatic carbocycles.